The van der Waals surface area contributed by atoms with Gasteiger partial charge in [-0.25, -0.2) is 4.79 Å². The number of hydrogen-bond donors (Lipinski definition) is 3. The molecule has 4 saturated carbocycles. The normalized spacial score (nSPS) is 33.3. The van der Waals surface area contributed by atoms with E-state index in [1.165, 1.54) is 38.5 Å². The van der Waals surface area contributed by atoms with E-state index in [-0.39, 0.29) is 11.6 Å². The van der Waals surface area contributed by atoms with Gasteiger partial charge in [-0.05, 0) is 74.8 Å². The Hall–Kier alpha value is -1.78. The third kappa shape index (κ3) is 3.21. The van der Waals surface area contributed by atoms with Gasteiger partial charge >= 0.3 is 6.03 Å². The molecule has 4 bridgehead atoms. The fourth-order valence-electron chi connectivity index (χ4n) is 5.59. The first-order valence-corrected chi connectivity index (χ1v) is 9.32. The largest absolute Gasteiger partial charge is 0.383 e. The van der Waals surface area contributed by atoms with Crippen LogP contribution in [0.15, 0.2) is 18.5 Å². The zero-order valence-electron chi connectivity index (χ0n) is 14.5. The maximum Gasteiger partial charge on any atom is 0.315 e. The lowest BCUT2D eigenvalue weighted by atomic mass is 9.53. The van der Waals surface area contributed by atoms with E-state index in [9.17, 15) is 4.79 Å². The van der Waals surface area contributed by atoms with Crippen molar-refractivity contribution in [3.05, 3.63) is 24.0 Å². The monoisotopic (exact) mass is 328 g/mol. The molecule has 0 aliphatic heterocycles. The molecule has 1 aromatic rings. The number of carbonyl (C=O) groups is 1. The molecule has 0 atom stereocenters. The topological polar surface area (TPSA) is 66.0 Å². The molecule has 0 spiro atoms. The minimum Gasteiger partial charge on any atom is -0.383 e. The molecule has 4 aliphatic rings. The molecule has 4 aliphatic carbocycles. The van der Waals surface area contributed by atoms with Crippen LogP contribution in [-0.4, -0.2) is 29.6 Å². The quantitative estimate of drug-likeness (QED) is 0.728. The van der Waals surface area contributed by atoms with Crippen LogP contribution in [-0.2, 0) is 0 Å². The summed E-state index contributed by atoms with van der Waals surface area (Å²) in [4.78, 5) is 16.4. The van der Waals surface area contributed by atoms with Crippen LogP contribution in [0.2, 0.25) is 0 Å². The van der Waals surface area contributed by atoms with Crippen LogP contribution in [0.1, 0.15) is 44.1 Å². The maximum atomic E-state index is 12.3. The Balaban J connectivity index is 1.23. The van der Waals surface area contributed by atoms with Crippen LogP contribution in [0.3, 0.4) is 0 Å². The van der Waals surface area contributed by atoms with Crippen molar-refractivity contribution in [2.45, 2.75) is 51.0 Å². The molecule has 2 amide bonds. The van der Waals surface area contributed by atoms with Crippen molar-refractivity contribution in [1.82, 2.24) is 15.6 Å². The molecule has 1 heterocycles. The molecule has 24 heavy (non-hydrogen) atoms. The lowest BCUT2D eigenvalue weighted by Crippen LogP contribution is -2.61. The Morgan fingerprint density at radius 2 is 1.83 bits per heavy atom. The molecular formula is C19H28N4O. The number of pyridine rings is 1. The molecule has 130 valence electrons. The Bertz CT molecular complexity index is 580. The summed E-state index contributed by atoms with van der Waals surface area (Å²) in [5.74, 6) is 2.56. The molecular weight excluding hydrogens is 300 g/mol. The van der Waals surface area contributed by atoms with Gasteiger partial charge in [0.25, 0.3) is 0 Å². The molecule has 3 N–H and O–H groups in total. The van der Waals surface area contributed by atoms with Crippen LogP contribution in [0.5, 0.6) is 0 Å². The van der Waals surface area contributed by atoms with Crippen LogP contribution < -0.4 is 16.0 Å². The molecule has 5 heteroatoms. The van der Waals surface area contributed by atoms with Gasteiger partial charge in [0.1, 0.15) is 0 Å². The highest BCUT2D eigenvalue weighted by atomic mass is 16.2. The first-order chi connectivity index (χ1) is 11.6. The number of hydrogen-bond acceptors (Lipinski definition) is 3. The number of rotatable bonds is 5. The summed E-state index contributed by atoms with van der Waals surface area (Å²) < 4.78 is 0. The SMILES string of the molecule is Cc1cnccc1NCCNC(=O)NC12CC3CC(CC(C3)C1)C2. The average molecular weight is 328 g/mol. The van der Waals surface area contributed by atoms with Gasteiger partial charge < -0.3 is 16.0 Å². The standard InChI is InChI=1S/C19H28N4O/c1-13-12-20-3-2-17(13)21-4-5-22-18(24)23-19-9-14-6-15(10-19)8-16(7-14)11-19/h2-3,12,14-16H,4-11H2,1H3,(H,20,21)(H2,22,23,24). The van der Waals surface area contributed by atoms with E-state index in [0.717, 1.165) is 35.5 Å². The maximum absolute atomic E-state index is 12.3. The smallest absolute Gasteiger partial charge is 0.315 e. The number of carbonyl (C=O) groups excluding carboxylic acids is 1. The molecule has 5 rings (SSSR count). The molecule has 0 unspecified atom stereocenters. The van der Waals surface area contributed by atoms with E-state index in [1.54, 1.807) is 6.20 Å². The van der Waals surface area contributed by atoms with Gasteiger partial charge in [-0.15, -0.1) is 0 Å². The number of urea groups is 1. The van der Waals surface area contributed by atoms with Crippen molar-refractivity contribution in [1.29, 1.82) is 0 Å². The van der Waals surface area contributed by atoms with Crippen LogP contribution in [0, 0.1) is 24.7 Å². The molecule has 4 fully saturated rings. The third-order valence-electron chi connectivity index (χ3n) is 6.16. The zero-order valence-corrected chi connectivity index (χ0v) is 14.5. The lowest BCUT2D eigenvalue weighted by Gasteiger charge is -2.56. The summed E-state index contributed by atoms with van der Waals surface area (Å²) in [7, 11) is 0. The highest BCUT2D eigenvalue weighted by Crippen LogP contribution is 2.55. The van der Waals surface area contributed by atoms with Crippen molar-refractivity contribution in [2.24, 2.45) is 17.8 Å². The number of nitrogens with zero attached hydrogens (tertiary/aromatic N) is 1. The molecule has 5 nitrogen and oxygen atoms in total. The molecule has 0 radical (unpaired) electrons. The first-order valence-electron chi connectivity index (χ1n) is 9.32. The van der Waals surface area contributed by atoms with E-state index in [0.29, 0.717) is 6.54 Å². The Morgan fingerprint density at radius 1 is 1.17 bits per heavy atom. The van der Waals surface area contributed by atoms with Crippen molar-refractivity contribution in [3.8, 4) is 0 Å². The second-order valence-corrected chi connectivity index (χ2v) is 8.20. The molecule has 0 aromatic carbocycles. The first kappa shape index (κ1) is 15.7. The number of aromatic nitrogens is 1. The van der Waals surface area contributed by atoms with Gasteiger partial charge in [0.2, 0.25) is 0 Å². The Labute approximate surface area is 144 Å². The Kier molecular flexibility index (Phi) is 4.10. The summed E-state index contributed by atoms with van der Waals surface area (Å²) in [6.07, 6.45) is 11.4. The second kappa shape index (κ2) is 6.26. The highest BCUT2D eigenvalue weighted by molar-refractivity contribution is 5.75. The number of amides is 2. The van der Waals surface area contributed by atoms with Gasteiger partial charge in [-0.2, -0.15) is 0 Å². The highest BCUT2D eigenvalue weighted by Gasteiger charge is 2.51. The minimum absolute atomic E-state index is 0.00482. The summed E-state index contributed by atoms with van der Waals surface area (Å²) >= 11 is 0. The fourth-order valence-corrected chi connectivity index (χ4v) is 5.59. The van der Waals surface area contributed by atoms with Gasteiger partial charge in [0.15, 0.2) is 0 Å². The van der Waals surface area contributed by atoms with Crippen molar-refractivity contribution < 1.29 is 4.79 Å². The third-order valence-corrected chi connectivity index (χ3v) is 6.16. The summed E-state index contributed by atoms with van der Waals surface area (Å²) in [6, 6.07) is 1.97. The van der Waals surface area contributed by atoms with E-state index in [1.807, 2.05) is 19.2 Å². The van der Waals surface area contributed by atoms with Crippen molar-refractivity contribution >= 4 is 11.7 Å². The lowest BCUT2D eigenvalue weighted by molar-refractivity contribution is -0.0134. The molecule has 0 saturated heterocycles. The predicted molar refractivity (Wildman–Crippen MR) is 94.9 cm³/mol. The minimum atomic E-state index is 0.00482. The predicted octanol–water partition coefficient (Wildman–Crippen LogP) is 3.07. The van der Waals surface area contributed by atoms with Crippen LogP contribution >= 0.6 is 0 Å². The van der Waals surface area contributed by atoms with Crippen molar-refractivity contribution in [2.75, 3.05) is 18.4 Å². The van der Waals surface area contributed by atoms with E-state index in [4.69, 9.17) is 0 Å². The van der Waals surface area contributed by atoms with Gasteiger partial charge in [-0.1, -0.05) is 0 Å². The van der Waals surface area contributed by atoms with E-state index in [2.05, 4.69) is 20.9 Å². The average Bonchev–Trinajstić information content (AvgIpc) is 2.51. The summed E-state index contributed by atoms with van der Waals surface area (Å²) in [6.45, 7) is 3.38. The van der Waals surface area contributed by atoms with Crippen LogP contribution in [0.25, 0.3) is 0 Å². The van der Waals surface area contributed by atoms with Gasteiger partial charge in [-0.3, -0.25) is 4.98 Å². The van der Waals surface area contributed by atoms with E-state index >= 15 is 0 Å². The number of anilines is 1. The second-order valence-electron chi connectivity index (χ2n) is 8.20. The molecule has 1 aromatic heterocycles. The Morgan fingerprint density at radius 3 is 2.46 bits per heavy atom. The van der Waals surface area contributed by atoms with Crippen LogP contribution in [0.4, 0.5) is 10.5 Å². The zero-order chi connectivity index (χ0) is 16.6. The number of nitrogens with one attached hydrogen (secondary N) is 3. The van der Waals surface area contributed by atoms with E-state index < -0.39 is 0 Å². The summed E-state index contributed by atoms with van der Waals surface area (Å²) in [5, 5.41) is 9.71. The van der Waals surface area contributed by atoms with Gasteiger partial charge in [0.05, 0.1) is 0 Å². The van der Waals surface area contributed by atoms with Gasteiger partial charge in [0, 0.05) is 36.7 Å². The van der Waals surface area contributed by atoms with Crippen molar-refractivity contribution in [3.63, 3.8) is 0 Å². The fraction of sp³-hybridized carbons (Fsp3) is 0.684. The number of aryl methyl sites for hydroxylation is 1. The summed E-state index contributed by atoms with van der Waals surface area (Å²) in [5.41, 5.74) is 2.29.